The molecule has 2 aromatic carbocycles. The van der Waals surface area contributed by atoms with E-state index in [2.05, 4.69) is 20.9 Å². The first-order valence-corrected chi connectivity index (χ1v) is 18.4. The van der Waals surface area contributed by atoms with E-state index >= 15 is 0 Å². The Hall–Kier alpha value is -5.02. The molecule has 5 atom stereocenters. The van der Waals surface area contributed by atoms with Gasteiger partial charge in [-0.3, -0.25) is 33.9 Å². The summed E-state index contributed by atoms with van der Waals surface area (Å²) in [7, 11) is 0. The summed E-state index contributed by atoms with van der Waals surface area (Å²) in [5.41, 5.74) is 19.1. The summed E-state index contributed by atoms with van der Waals surface area (Å²) >= 11 is 0. The van der Waals surface area contributed by atoms with E-state index in [4.69, 9.17) is 17.2 Å². The molecule has 15 heteroatoms. The zero-order valence-corrected chi connectivity index (χ0v) is 30.7. The Morgan fingerprint density at radius 3 is 1.89 bits per heavy atom. The minimum absolute atomic E-state index is 0.0291. The highest BCUT2D eigenvalue weighted by Crippen LogP contribution is 2.26. The number of guanidine groups is 1. The number of carboxylic acid groups (broad SMARTS) is 1. The van der Waals surface area contributed by atoms with Gasteiger partial charge in [0.1, 0.15) is 24.2 Å². The lowest BCUT2D eigenvalue weighted by atomic mass is 9.99. The molecule has 0 saturated carbocycles. The average molecular weight is 734 g/mol. The van der Waals surface area contributed by atoms with Crippen molar-refractivity contribution in [3.63, 3.8) is 0 Å². The maximum absolute atomic E-state index is 13.9. The highest BCUT2D eigenvalue weighted by atomic mass is 16.4. The predicted molar refractivity (Wildman–Crippen MR) is 201 cm³/mol. The number of carbonyl (C=O) groups excluding carboxylic acids is 4. The number of likely N-dealkylation sites (tertiary alicyclic amines) is 2. The highest BCUT2D eigenvalue weighted by molar-refractivity contribution is 5.95. The first-order chi connectivity index (χ1) is 25.3. The fourth-order valence-electron chi connectivity index (χ4n) is 7.06. The molecule has 4 rings (SSSR count). The maximum atomic E-state index is 13.9. The van der Waals surface area contributed by atoms with Crippen LogP contribution in [0.2, 0.25) is 0 Å². The summed E-state index contributed by atoms with van der Waals surface area (Å²) < 4.78 is 0. The fourth-order valence-corrected chi connectivity index (χ4v) is 7.06. The third-order valence-electron chi connectivity index (χ3n) is 9.79. The molecule has 15 nitrogen and oxygen atoms in total. The van der Waals surface area contributed by atoms with Crippen molar-refractivity contribution in [2.75, 3.05) is 26.2 Å². The van der Waals surface area contributed by atoms with Gasteiger partial charge in [-0.1, -0.05) is 74.5 Å². The third kappa shape index (κ3) is 12.3. The number of amides is 4. The van der Waals surface area contributed by atoms with E-state index in [0.717, 1.165) is 17.5 Å². The fraction of sp³-hybridized carbons (Fsp3) is 0.526. The molecule has 10 N–H and O–H groups in total. The van der Waals surface area contributed by atoms with Crippen molar-refractivity contribution in [2.24, 2.45) is 28.1 Å². The summed E-state index contributed by atoms with van der Waals surface area (Å²) in [5, 5.41) is 18.1. The molecule has 2 aliphatic heterocycles. The lowest BCUT2D eigenvalue weighted by Crippen LogP contribution is -2.60. The van der Waals surface area contributed by atoms with Crippen LogP contribution < -0.4 is 33.2 Å². The summed E-state index contributed by atoms with van der Waals surface area (Å²) in [6, 6.07) is 13.9. The molecule has 2 aromatic rings. The molecule has 2 aliphatic rings. The summed E-state index contributed by atoms with van der Waals surface area (Å²) in [5.74, 6) is -3.17. The Kier molecular flexibility index (Phi) is 15.2. The maximum Gasteiger partial charge on any atom is 0.320 e. The van der Waals surface area contributed by atoms with Crippen LogP contribution >= 0.6 is 0 Å². The summed E-state index contributed by atoms with van der Waals surface area (Å²) in [6.07, 6.45) is 3.27. The molecule has 0 bridgehead atoms. The van der Waals surface area contributed by atoms with Gasteiger partial charge >= 0.3 is 5.97 Å². The van der Waals surface area contributed by atoms with Gasteiger partial charge in [-0.25, -0.2) is 0 Å². The molecular formula is C38H55N9O6. The zero-order chi connectivity index (χ0) is 38.5. The van der Waals surface area contributed by atoms with E-state index in [1.165, 1.54) is 0 Å². The number of hydrogen-bond acceptors (Lipinski definition) is 8. The lowest BCUT2D eigenvalue weighted by Gasteiger charge is -2.39. The highest BCUT2D eigenvalue weighted by Gasteiger charge is 2.39. The first kappa shape index (κ1) is 40.7. The van der Waals surface area contributed by atoms with Crippen molar-refractivity contribution in [1.82, 2.24) is 25.8 Å². The molecule has 0 unspecified atom stereocenters. The van der Waals surface area contributed by atoms with Crippen LogP contribution in [-0.4, -0.2) is 113 Å². The van der Waals surface area contributed by atoms with E-state index in [-0.39, 0.29) is 49.6 Å². The minimum Gasteiger partial charge on any atom is -0.480 e. The molecule has 2 saturated heterocycles. The third-order valence-corrected chi connectivity index (χ3v) is 9.79. The molecule has 288 valence electrons. The number of nitrogens with zero attached hydrogens (tertiary/aromatic N) is 3. The number of benzene rings is 2. The van der Waals surface area contributed by atoms with Gasteiger partial charge in [0.25, 0.3) is 0 Å². The molecule has 2 fully saturated rings. The Labute approximate surface area is 311 Å². The standard InChI is InChI=1S/C38H55N9O6/c1-24(2)20-29(44-35(50)30(22-26-12-7-4-8-13-26)43-33(48)28(39)21-25-10-5-3-6-11-25)34(49)45-31(23-42-38(40)41)36(51)46-18-15-27(16-19-46)47-17-9-14-32(47)37(52)53/h3-8,10-13,24,27-32H,9,14-23,39H2,1-2H3,(H,43,48)(H,44,50)(H,45,49)(H,52,53)(H4,40,41,42)/t28-,29-,30-,31-,32+/m1/s1. The molecule has 53 heavy (non-hydrogen) atoms. The summed E-state index contributed by atoms with van der Waals surface area (Å²) in [4.78, 5) is 74.4. The van der Waals surface area contributed by atoms with E-state index in [9.17, 15) is 29.1 Å². The van der Waals surface area contributed by atoms with E-state index in [1.54, 1.807) is 4.90 Å². The van der Waals surface area contributed by atoms with Crippen LogP contribution in [0.4, 0.5) is 0 Å². The van der Waals surface area contributed by atoms with Crippen LogP contribution in [-0.2, 0) is 36.8 Å². The van der Waals surface area contributed by atoms with E-state index < -0.39 is 53.9 Å². The lowest BCUT2D eigenvalue weighted by molar-refractivity contribution is -0.144. The molecule has 4 amide bonds. The van der Waals surface area contributed by atoms with Crippen molar-refractivity contribution in [3.05, 3.63) is 71.8 Å². The summed E-state index contributed by atoms with van der Waals surface area (Å²) in [6.45, 7) is 5.05. The molecule has 0 radical (unpaired) electrons. The smallest absolute Gasteiger partial charge is 0.320 e. The second-order valence-corrected chi connectivity index (χ2v) is 14.4. The predicted octanol–water partition coefficient (Wildman–Crippen LogP) is 0.113. The number of nitrogens with two attached hydrogens (primary N) is 3. The van der Waals surface area contributed by atoms with Crippen LogP contribution in [0.1, 0.15) is 57.1 Å². The van der Waals surface area contributed by atoms with Gasteiger partial charge in [-0.05, 0) is 62.1 Å². The van der Waals surface area contributed by atoms with Crippen LogP contribution in [0.5, 0.6) is 0 Å². The number of carbonyl (C=O) groups is 5. The molecule has 2 heterocycles. The molecule has 0 aliphatic carbocycles. The van der Waals surface area contributed by atoms with E-state index in [0.29, 0.717) is 38.9 Å². The van der Waals surface area contributed by atoms with Gasteiger partial charge in [0.2, 0.25) is 23.6 Å². The second kappa shape index (κ2) is 19.7. The average Bonchev–Trinajstić information content (AvgIpc) is 3.64. The van der Waals surface area contributed by atoms with Crippen LogP contribution in [0.15, 0.2) is 65.7 Å². The Morgan fingerprint density at radius 2 is 1.32 bits per heavy atom. The van der Waals surface area contributed by atoms with Crippen molar-refractivity contribution in [3.8, 4) is 0 Å². The van der Waals surface area contributed by atoms with Crippen LogP contribution in [0.3, 0.4) is 0 Å². The number of rotatable bonds is 17. The van der Waals surface area contributed by atoms with Crippen molar-refractivity contribution >= 4 is 35.6 Å². The Balaban J connectivity index is 1.46. The molecule has 0 spiro atoms. The number of carboxylic acids is 1. The van der Waals surface area contributed by atoms with Gasteiger partial charge < -0.3 is 43.2 Å². The van der Waals surface area contributed by atoms with Crippen molar-refractivity contribution in [2.45, 2.75) is 95.0 Å². The van der Waals surface area contributed by atoms with Crippen LogP contribution in [0, 0.1) is 5.92 Å². The van der Waals surface area contributed by atoms with Gasteiger partial charge in [0.15, 0.2) is 5.96 Å². The van der Waals surface area contributed by atoms with Gasteiger partial charge in [-0.15, -0.1) is 0 Å². The number of piperidine rings is 1. The monoisotopic (exact) mass is 733 g/mol. The normalized spacial score (nSPS) is 18.7. The van der Waals surface area contributed by atoms with Crippen molar-refractivity contribution < 1.29 is 29.1 Å². The van der Waals surface area contributed by atoms with Gasteiger partial charge in [-0.2, -0.15) is 0 Å². The minimum atomic E-state index is -1.12. The second-order valence-electron chi connectivity index (χ2n) is 14.4. The largest absolute Gasteiger partial charge is 0.480 e. The van der Waals surface area contributed by atoms with Gasteiger partial charge in [0.05, 0.1) is 12.6 Å². The van der Waals surface area contributed by atoms with Crippen LogP contribution in [0.25, 0.3) is 0 Å². The number of hydrogen-bond donors (Lipinski definition) is 7. The topological polar surface area (TPSA) is 239 Å². The zero-order valence-electron chi connectivity index (χ0n) is 30.7. The molecule has 0 aromatic heterocycles. The quantitative estimate of drug-likeness (QED) is 0.0856. The SMILES string of the molecule is CC(C)C[C@@H](NC(=O)[C@@H](Cc1ccccc1)NC(=O)[C@H](N)Cc1ccccc1)C(=O)N[C@H](CN=C(N)N)C(=O)N1CCC(N2CCC[C@H]2C(=O)O)CC1. The first-order valence-electron chi connectivity index (χ1n) is 18.4. The number of nitrogens with one attached hydrogen (secondary N) is 3. The van der Waals surface area contributed by atoms with Gasteiger partial charge in [0, 0.05) is 25.6 Å². The Morgan fingerprint density at radius 1 is 0.774 bits per heavy atom. The Bertz CT molecular complexity index is 1560. The molecular weight excluding hydrogens is 678 g/mol. The van der Waals surface area contributed by atoms with Crippen molar-refractivity contribution in [1.29, 1.82) is 0 Å². The number of aliphatic carboxylic acids is 1. The number of aliphatic imine (C=N–C) groups is 1. The van der Waals surface area contributed by atoms with E-state index in [1.807, 2.05) is 79.4 Å².